The van der Waals surface area contributed by atoms with Crippen LogP contribution in [-0.4, -0.2) is 20.7 Å². The van der Waals surface area contributed by atoms with Crippen LogP contribution >= 0.6 is 23.4 Å². The Morgan fingerprint density at radius 1 is 1.31 bits per heavy atom. The number of nitrogens with zero attached hydrogens (tertiary/aromatic N) is 3. The van der Waals surface area contributed by atoms with Crippen LogP contribution in [0.2, 0.25) is 5.02 Å². The van der Waals surface area contributed by atoms with Gasteiger partial charge < -0.3 is 11.1 Å². The van der Waals surface area contributed by atoms with E-state index in [-0.39, 0.29) is 0 Å². The maximum atomic E-state index is 13.9. The first kappa shape index (κ1) is 19.5. The molecule has 1 aliphatic rings. The van der Waals surface area contributed by atoms with Crippen LogP contribution in [0.5, 0.6) is 0 Å². The highest BCUT2D eigenvalue weighted by molar-refractivity contribution is 7.98. The van der Waals surface area contributed by atoms with Gasteiger partial charge in [-0.25, -0.2) is 9.07 Å². The molecule has 0 radical (unpaired) electrons. The largest absolute Gasteiger partial charge is 0.366 e. The van der Waals surface area contributed by atoms with E-state index in [2.05, 4.69) is 15.4 Å². The number of benzene rings is 2. The number of hydrogen-bond donors (Lipinski definition) is 2. The van der Waals surface area contributed by atoms with Gasteiger partial charge in [-0.15, -0.1) is 5.10 Å². The molecule has 0 saturated carbocycles. The van der Waals surface area contributed by atoms with Crippen LogP contribution in [0.15, 0.2) is 65.0 Å². The Kier molecular flexibility index (Phi) is 5.29. The third kappa shape index (κ3) is 3.86. The summed E-state index contributed by atoms with van der Waals surface area (Å²) >= 11 is 7.63. The summed E-state index contributed by atoms with van der Waals surface area (Å²) in [6.45, 7) is 1.74. The summed E-state index contributed by atoms with van der Waals surface area (Å²) in [5.41, 5.74) is 8.04. The standard InChI is InChI=1S/C20H17ClFN5OS/c1-11-16(18(23)28)17(12-6-4-7-14(22)9-12)27-19(24-11)25-20(26-27)29-10-13-5-2-3-8-15(13)21/h2-9,17H,10H2,1H3,(H2,23,28)(H,24,25,26). The molecule has 3 aromatic rings. The number of carbonyl (C=O) groups is 1. The second-order valence-electron chi connectivity index (χ2n) is 6.53. The first-order valence-corrected chi connectivity index (χ1v) is 10.2. The Labute approximate surface area is 176 Å². The van der Waals surface area contributed by atoms with Crippen molar-refractivity contribution in [1.29, 1.82) is 0 Å². The quantitative estimate of drug-likeness (QED) is 0.595. The maximum absolute atomic E-state index is 13.9. The molecule has 1 aliphatic heterocycles. The van der Waals surface area contributed by atoms with Gasteiger partial charge in [-0.1, -0.05) is 53.7 Å². The molecule has 0 spiro atoms. The number of hydrogen-bond acceptors (Lipinski definition) is 5. The first-order chi connectivity index (χ1) is 13.9. The van der Waals surface area contributed by atoms with Crippen molar-refractivity contribution in [3.8, 4) is 0 Å². The van der Waals surface area contributed by atoms with E-state index in [0.717, 1.165) is 5.56 Å². The van der Waals surface area contributed by atoms with Gasteiger partial charge in [-0.2, -0.15) is 4.98 Å². The van der Waals surface area contributed by atoms with E-state index in [1.165, 1.54) is 23.9 Å². The number of primary amides is 1. The summed E-state index contributed by atoms with van der Waals surface area (Å²) in [5, 5.41) is 8.80. The number of fused-ring (bicyclic) bond motifs is 1. The lowest BCUT2D eigenvalue weighted by Gasteiger charge is -2.27. The third-order valence-electron chi connectivity index (χ3n) is 4.58. The van der Waals surface area contributed by atoms with E-state index in [9.17, 15) is 9.18 Å². The number of anilines is 1. The molecule has 29 heavy (non-hydrogen) atoms. The molecular formula is C20H17ClFN5OS. The number of nitrogens with one attached hydrogen (secondary N) is 1. The molecule has 2 aromatic carbocycles. The summed E-state index contributed by atoms with van der Waals surface area (Å²) < 4.78 is 15.4. The van der Waals surface area contributed by atoms with Crippen LogP contribution in [-0.2, 0) is 10.5 Å². The molecule has 2 heterocycles. The second kappa shape index (κ2) is 7.88. The summed E-state index contributed by atoms with van der Waals surface area (Å²) in [5.74, 6) is 0.0413. The number of amides is 1. The van der Waals surface area contributed by atoms with Gasteiger partial charge in [0.05, 0.1) is 5.57 Å². The fourth-order valence-corrected chi connectivity index (χ4v) is 4.37. The van der Waals surface area contributed by atoms with E-state index in [4.69, 9.17) is 17.3 Å². The van der Waals surface area contributed by atoms with E-state index in [1.54, 1.807) is 23.7 Å². The van der Waals surface area contributed by atoms with Gasteiger partial charge in [0.25, 0.3) is 0 Å². The van der Waals surface area contributed by atoms with Gasteiger partial charge in [-0.05, 0) is 36.2 Å². The highest BCUT2D eigenvalue weighted by Gasteiger charge is 2.33. The third-order valence-corrected chi connectivity index (χ3v) is 5.83. The number of aromatic nitrogens is 3. The SMILES string of the molecule is CC1=C(C(N)=O)C(c2cccc(F)c2)n2nc(SCc3ccccc3Cl)nc2N1. The maximum Gasteiger partial charge on any atom is 0.248 e. The molecule has 3 N–H and O–H groups in total. The zero-order chi connectivity index (χ0) is 20.5. The van der Waals surface area contributed by atoms with Crippen LogP contribution < -0.4 is 11.1 Å². The second-order valence-corrected chi connectivity index (χ2v) is 7.88. The van der Waals surface area contributed by atoms with Crippen molar-refractivity contribution in [3.63, 3.8) is 0 Å². The van der Waals surface area contributed by atoms with Crippen LogP contribution in [0.1, 0.15) is 24.1 Å². The minimum atomic E-state index is -0.665. The Balaban J connectivity index is 1.70. The monoisotopic (exact) mass is 429 g/mol. The van der Waals surface area contributed by atoms with E-state index in [1.807, 2.05) is 24.3 Å². The Morgan fingerprint density at radius 2 is 2.10 bits per heavy atom. The van der Waals surface area contributed by atoms with Crippen molar-refractivity contribution in [3.05, 3.63) is 81.8 Å². The van der Waals surface area contributed by atoms with E-state index >= 15 is 0 Å². The molecule has 9 heteroatoms. The minimum Gasteiger partial charge on any atom is -0.366 e. The molecule has 148 valence electrons. The zero-order valence-corrected chi connectivity index (χ0v) is 17.0. The summed E-state index contributed by atoms with van der Waals surface area (Å²) in [6, 6.07) is 12.9. The fraction of sp³-hybridized carbons (Fsp3) is 0.150. The number of allylic oxidation sites excluding steroid dienone is 1. The molecule has 1 aromatic heterocycles. The molecule has 0 saturated heterocycles. The number of carbonyl (C=O) groups excluding carboxylic acids is 1. The van der Waals surface area contributed by atoms with Crippen molar-refractivity contribution in [2.75, 3.05) is 5.32 Å². The molecule has 1 amide bonds. The molecule has 4 rings (SSSR count). The predicted octanol–water partition coefficient (Wildman–Crippen LogP) is 4.14. The van der Waals surface area contributed by atoms with Crippen LogP contribution in [0, 0.1) is 5.82 Å². The van der Waals surface area contributed by atoms with E-state index in [0.29, 0.717) is 38.7 Å². The average molecular weight is 430 g/mol. The number of rotatable bonds is 5. The van der Waals surface area contributed by atoms with Gasteiger partial charge in [0.15, 0.2) is 0 Å². The predicted molar refractivity (Wildman–Crippen MR) is 111 cm³/mol. The van der Waals surface area contributed by atoms with Gasteiger partial charge in [-0.3, -0.25) is 4.79 Å². The Morgan fingerprint density at radius 3 is 2.83 bits per heavy atom. The molecule has 1 atom stereocenters. The number of nitrogens with two attached hydrogens (primary N) is 1. The number of halogens is 2. The molecule has 6 nitrogen and oxygen atoms in total. The first-order valence-electron chi connectivity index (χ1n) is 8.80. The molecule has 0 aliphatic carbocycles. The van der Waals surface area contributed by atoms with Gasteiger partial charge >= 0.3 is 0 Å². The van der Waals surface area contributed by atoms with Gasteiger partial charge in [0.1, 0.15) is 11.9 Å². The molecule has 0 fully saturated rings. The lowest BCUT2D eigenvalue weighted by Crippen LogP contribution is -2.31. The van der Waals surface area contributed by atoms with Crippen molar-refractivity contribution in [1.82, 2.24) is 14.8 Å². The number of thioether (sulfide) groups is 1. The Hall–Kier alpha value is -2.84. The average Bonchev–Trinajstić information content (AvgIpc) is 3.08. The van der Waals surface area contributed by atoms with Crippen LogP contribution in [0.25, 0.3) is 0 Å². The lowest BCUT2D eigenvalue weighted by molar-refractivity contribution is -0.115. The van der Waals surface area contributed by atoms with Crippen molar-refractivity contribution < 1.29 is 9.18 Å². The Bertz CT molecular complexity index is 1130. The highest BCUT2D eigenvalue weighted by atomic mass is 35.5. The van der Waals surface area contributed by atoms with Crippen molar-refractivity contribution >= 4 is 35.2 Å². The normalized spacial score (nSPS) is 15.8. The smallest absolute Gasteiger partial charge is 0.248 e. The summed E-state index contributed by atoms with van der Waals surface area (Å²) in [6.07, 6.45) is 0. The van der Waals surface area contributed by atoms with Gasteiger partial charge in [0.2, 0.25) is 17.0 Å². The topological polar surface area (TPSA) is 85.8 Å². The highest BCUT2D eigenvalue weighted by Crippen LogP contribution is 2.36. The zero-order valence-electron chi connectivity index (χ0n) is 15.4. The van der Waals surface area contributed by atoms with Crippen molar-refractivity contribution in [2.24, 2.45) is 5.73 Å². The molecular weight excluding hydrogens is 413 g/mol. The van der Waals surface area contributed by atoms with Crippen LogP contribution in [0.3, 0.4) is 0 Å². The minimum absolute atomic E-state index is 0.315. The summed E-state index contributed by atoms with van der Waals surface area (Å²) in [7, 11) is 0. The van der Waals surface area contributed by atoms with Crippen molar-refractivity contribution in [2.45, 2.75) is 23.9 Å². The lowest BCUT2D eigenvalue weighted by atomic mass is 9.95. The summed E-state index contributed by atoms with van der Waals surface area (Å²) in [4.78, 5) is 16.7. The van der Waals surface area contributed by atoms with Gasteiger partial charge in [0, 0.05) is 16.5 Å². The van der Waals surface area contributed by atoms with Crippen LogP contribution in [0.4, 0.5) is 10.3 Å². The van der Waals surface area contributed by atoms with E-state index < -0.39 is 17.8 Å². The molecule has 0 bridgehead atoms. The fourth-order valence-electron chi connectivity index (χ4n) is 3.25. The molecule has 1 unspecified atom stereocenters.